The van der Waals surface area contributed by atoms with Gasteiger partial charge in [0.05, 0.1) is 16.1 Å². The first-order valence-electron chi connectivity index (χ1n) is 10.5. The van der Waals surface area contributed by atoms with Crippen molar-refractivity contribution in [2.24, 2.45) is 0 Å². The van der Waals surface area contributed by atoms with Crippen molar-refractivity contribution in [2.75, 3.05) is 24.3 Å². The number of aromatic nitrogens is 2. The molecule has 1 saturated carbocycles. The molecule has 0 saturated heterocycles. The Hall–Kier alpha value is -3.00. The molecular weight excluding hydrogens is 436 g/mol. The van der Waals surface area contributed by atoms with Crippen molar-refractivity contribution in [1.82, 2.24) is 15.3 Å². The number of para-hydroxylation sites is 1. The van der Waals surface area contributed by atoms with Gasteiger partial charge in [0.1, 0.15) is 17.5 Å². The Balaban J connectivity index is 1.40. The minimum Gasteiger partial charge on any atom is -0.362 e. The van der Waals surface area contributed by atoms with Gasteiger partial charge in [-0.3, -0.25) is 4.79 Å². The Morgan fingerprint density at radius 2 is 1.66 bits per heavy atom. The van der Waals surface area contributed by atoms with E-state index in [0.29, 0.717) is 18.8 Å². The Morgan fingerprint density at radius 3 is 2.38 bits per heavy atom. The van der Waals surface area contributed by atoms with E-state index in [0.717, 1.165) is 41.7 Å². The zero-order valence-electron chi connectivity index (χ0n) is 17.8. The third-order valence-electron chi connectivity index (χ3n) is 5.67. The minimum atomic E-state index is -0.839. The van der Waals surface area contributed by atoms with Crippen molar-refractivity contribution in [2.45, 2.75) is 37.8 Å². The van der Waals surface area contributed by atoms with E-state index in [4.69, 9.17) is 11.6 Å². The van der Waals surface area contributed by atoms with E-state index in [1.165, 1.54) is 0 Å². The van der Waals surface area contributed by atoms with Gasteiger partial charge in [-0.05, 0) is 49.9 Å². The standard InChI is InChI=1S/C23H24ClF2N5O/c1-31(2)21-15-5-3-4-6-18(15)29-23(30-21)28-14-9-7-13(8-10-14)27-22(32)19-16(25)11-12-17(26)20(19)24/h3-6,11-14H,7-10H2,1-2H3,(H,27,32)(H,28,29,30). The van der Waals surface area contributed by atoms with E-state index in [1.807, 2.05) is 43.3 Å². The number of benzene rings is 2. The number of carbonyl (C=O) groups is 1. The summed E-state index contributed by atoms with van der Waals surface area (Å²) in [6, 6.07) is 9.67. The maximum atomic E-state index is 14.0. The zero-order chi connectivity index (χ0) is 22.8. The third-order valence-corrected chi connectivity index (χ3v) is 6.04. The molecule has 2 N–H and O–H groups in total. The second-order valence-electron chi connectivity index (χ2n) is 8.17. The van der Waals surface area contributed by atoms with E-state index < -0.39 is 28.1 Å². The van der Waals surface area contributed by atoms with E-state index in [2.05, 4.69) is 20.6 Å². The number of carbonyl (C=O) groups excluding carboxylic acids is 1. The van der Waals surface area contributed by atoms with Crippen LogP contribution in [0.4, 0.5) is 20.5 Å². The van der Waals surface area contributed by atoms with Crippen LogP contribution in [0.3, 0.4) is 0 Å². The number of hydrogen-bond acceptors (Lipinski definition) is 5. The van der Waals surface area contributed by atoms with Gasteiger partial charge in [0.25, 0.3) is 5.91 Å². The summed E-state index contributed by atoms with van der Waals surface area (Å²) in [5, 5.41) is 6.67. The number of anilines is 2. The number of fused-ring (bicyclic) bond motifs is 1. The van der Waals surface area contributed by atoms with Gasteiger partial charge < -0.3 is 15.5 Å². The van der Waals surface area contributed by atoms with Crippen LogP contribution in [0, 0.1) is 11.6 Å². The fourth-order valence-electron chi connectivity index (χ4n) is 4.02. The average molecular weight is 460 g/mol. The SMILES string of the molecule is CN(C)c1nc(NC2CCC(NC(=O)c3c(F)ccc(F)c3Cl)CC2)nc2ccccc12. The van der Waals surface area contributed by atoms with Gasteiger partial charge in [0, 0.05) is 31.6 Å². The molecule has 0 aliphatic heterocycles. The molecule has 1 aliphatic carbocycles. The van der Waals surface area contributed by atoms with Gasteiger partial charge >= 0.3 is 0 Å². The second-order valence-corrected chi connectivity index (χ2v) is 8.54. The predicted octanol–water partition coefficient (Wildman–Crippen LogP) is 4.78. The van der Waals surface area contributed by atoms with Crippen LogP contribution in [-0.4, -0.2) is 42.1 Å². The van der Waals surface area contributed by atoms with Crippen LogP contribution >= 0.6 is 11.6 Å². The lowest BCUT2D eigenvalue weighted by molar-refractivity contribution is 0.0922. The summed E-state index contributed by atoms with van der Waals surface area (Å²) in [4.78, 5) is 23.7. The third kappa shape index (κ3) is 4.60. The number of rotatable bonds is 5. The molecule has 0 atom stereocenters. The van der Waals surface area contributed by atoms with E-state index in [-0.39, 0.29) is 12.1 Å². The molecule has 1 aromatic heterocycles. The number of amides is 1. The van der Waals surface area contributed by atoms with Crippen LogP contribution < -0.4 is 15.5 Å². The van der Waals surface area contributed by atoms with Crippen molar-refractivity contribution in [1.29, 1.82) is 0 Å². The second kappa shape index (κ2) is 9.24. The Bertz CT molecular complexity index is 1150. The minimum absolute atomic E-state index is 0.144. The van der Waals surface area contributed by atoms with Crippen molar-refractivity contribution in [3.8, 4) is 0 Å². The van der Waals surface area contributed by atoms with Gasteiger partial charge in [0.15, 0.2) is 0 Å². The van der Waals surface area contributed by atoms with Crippen LogP contribution in [0.15, 0.2) is 36.4 Å². The molecule has 0 bridgehead atoms. The fraction of sp³-hybridized carbons (Fsp3) is 0.348. The smallest absolute Gasteiger partial charge is 0.256 e. The van der Waals surface area contributed by atoms with Gasteiger partial charge in [0.2, 0.25) is 5.95 Å². The summed E-state index contributed by atoms with van der Waals surface area (Å²) in [6.07, 6.45) is 2.92. The number of hydrogen-bond donors (Lipinski definition) is 2. The molecule has 1 amide bonds. The first-order valence-corrected chi connectivity index (χ1v) is 10.9. The molecule has 6 nitrogen and oxygen atoms in total. The molecule has 168 valence electrons. The Kier molecular flexibility index (Phi) is 6.41. The number of nitrogens with zero attached hydrogens (tertiary/aromatic N) is 3. The van der Waals surface area contributed by atoms with Crippen molar-refractivity contribution < 1.29 is 13.6 Å². The summed E-state index contributed by atoms with van der Waals surface area (Å²) >= 11 is 5.80. The molecule has 0 spiro atoms. The molecule has 1 fully saturated rings. The van der Waals surface area contributed by atoms with Gasteiger partial charge in [-0.1, -0.05) is 23.7 Å². The predicted molar refractivity (Wildman–Crippen MR) is 122 cm³/mol. The Morgan fingerprint density at radius 1 is 1.00 bits per heavy atom. The highest BCUT2D eigenvalue weighted by Crippen LogP contribution is 2.27. The van der Waals surface area contributed by atoms with Crippen LogP contribution in [0.1, 0.15) is 36.0 Å². The van der Waals surface area contributed by atoms with Crippen molar-refractivity contribution in [3.05, 3.63) is 58.6 Å². The summed E-state index contributed by atoms with van der Waals surface area (Å²) < 4.78 is 27.6. The topological polar surface area (TPSA) is 70.2 Å². The molecular formula is C23H24ClF2N5O. The van der Waals surface area contributed by atoms with E-state index in [1.54, 1.807) is 0 Å². The zero-order valence-corrected chi connectivity index (χ0v) is 18.6. The monoisotopic (exact) mass is 459 g/mol. The molecule has 0 radical (unpaired) electrons. The van der Waals surface area contributed by atoms with Gasteiger partial charge in [-0.25, -0.2) is 13.8 Å². The normalized spacial score (nSPS) is 18.4. The largest absolute Gasteiger partial charge is 0.362 e. The van der Waals surface area contributed by atoms with Gasteiger partial charge in [-0.2, -0.15) is 4.98 Å². The highest BCUT2D eigenvalue weighted by Gasteiger charge is 2.26. The van der Waals surface area contributed by atoms with Crippen LogP contribution in [0.5, 0.6) is 0 Å². The summed E-state index contributed by atoms with van der Waals surface area (Å²) in [5.41, 5.74) is 0.413. The lowest BCUT2D eigenvalue weighted by Gasteiger charge is -2.30. The van der Waals surface area contributed by atoms with Crippen molar-refractivity contribution >= 4 is 40.2 Å². The summed E-state index contributed by atoms with van der Waals surface area (Å²) in [6.45, 7) is 0. The van der Waals surface area contributed by atoms with Crippen LogP contribution in [0.25, 0.3) is 10.9 Å². The lowest BCUT2D eigenvalue weighted by atomic mass is 9.91. The molecule has 3 aromatic rings. The number of halogens is 3. The van der Waals surface area contributed by atoms with E-state index in [9.17, 15) is 13.6 Å². The molecule has 4 rings (SSSR count). The molecule has 1 heterocycles. The van der Waals surface area contributed by atoms with E-state index >= 15 is 0 Å². The highest BCUT2D eigenvalue weighted by atomic mass is 35.5. The highest BCUT2D eigenvalue weighted by molar-refractivity contribution is 6.34. The quantitative estimate of drug-likeness (QED) is 0.537. The summed E-state index contributed by atoms with van der Waals surface area (Å²) in [5.74, 6) is -0.952. The first kappa shape index (κ1) is 22.2. The maximum Gasteiger partial charge on any atom is 0.256 e. The average Bonchev–Trinajstić information content (AvgIpc) is 2.77. The fourth-order valence-corrected chi connectivity index (χ4v) is 4.26. The van der Waals surface area contributed by atoms with Crippen LogP contribution in [-0.2, 0) is 0 Å². The van der Waals surface area contributed by atoms with Crippen LogP contribution in [0.2, 0.25) is 5.02 Å². The van der Waals surface area contributed by atoms with Crippen molar-refractivity contribution in [3.63, 3.8) is 0 Å². The molecule has 9 heteroatoms. The van der Waals surface area contributed by atoms with Gasteiger partial charge in [-0.15, -0.1) is 0 Å². The maximum absolute atomic E-state index is 14.0. The lowest BCUT2D eigenvalue weighted by Crippen LogP contribution is -2.40. The summed E-state index contributed by atoms with van der Waals surface area (Å²) in [7, 11) is 3.89. The first-order chi connectivity index (χ1) is 15.3. The Labute approximate surface area is 190 Å². The number of nitrogens with one attached hydrogen (secondary N) is 2. The molecule has 0 unspecified atom stereocenters. The molecule has 1 aliphatic rings. The molecule has 2 aromatic carbocycles. The molecule has 32 heavy (non-hydrogen) atoms.